The highest BCUT2D eigenvalue weighted by molar-refractivity contribution is 6.33. The minimum atomic E-state index is 0.698. The van der Waals surface area contributed by atoms with E-state index in [1.807, 2.05) is 25.2 Å². The molecule has 0 atom stereocenters. The summed E-state index contributed by atoms with van der Waals surface area (Å²) >= 11 is 6.07. The van der Waals surface area contributed by atoms with Crippen molar-refractivity contribution in [3.63, 3.8) is 0 Å². The van der Waals surface area contributed by atoms with Crippen molar-refractivity contribution in [2.75, 3.05) is 19.4 Å². The molecule has 3 nitrogen and oxygen atoms in total. The smallest absolute Gasteiger partial charge is 0.195 e. The molecule has 0 spiro atoms. The van der Waals surface area contributed by atoms with Gasteiger partial charge >= 0.3 is 0 Å². The van der Waals surface area contributed by atoms with E-state index in [4.69, 9.17) is 11.6 Å². The van der Waals surface area contributed by atoms with E-state index in [-0.39, 0.29) is 0 Å². The van der Waals surface area contributed by atoms with Gasteiger partial charge in [0.2, 0.25) is 0 Å². The first kappa shape index (κ1) is 11.9. The molecule has 4 heteroatoms. The molecule has 0 aliphatic heterocycles. The van der Waals surface area contributed by atoms with Crippen LogP contribution in [0.5, 0.6) is 0 Å². The summed E-state index contributed by atoms with van der Waals surface area (Å²) in [6.07, 6.45) is 0.990. The standard InChI is InChI=1S/C11H16ClN3/c1-4-8-5-6-9(12)10(7-8)15-11(13-2)14-3/h5-7H,4H2,1-3H3,(H2,13,14,15). The number of nitrogens with zero attached hydrogens (tertiary/aromatic N) is 1. The maximum Gasteiger partial charge on any atom is 0.195 e. The van der Waals surface area contributed by atoms with E-state index in [0.717, 1.165) is 12.1 Å². The SMILES string of the molecule is CCc1ccc(Cl)c(NC(=NC)NC)c1. The van der Waals surface area contributed by atoms with Crippen molar-refractivity contribution in [2.45, 2.75) is 13.3 Å². The number of aryl methyl sites for hydroxylation is 1. The Labute approximate surface area is 95.6 Å². The Kier molecular flexibility index (Phi) is 4.43. The van der Waals surface area contributed by atoms with E-state index in [9.17, 15) is 0 Å². The molecule has 0 saturated carbocycles. The monoisotopic (exact) mass is 225 g/mol. The molecule has 0 heterocycles. The lowest BCUT2D eigenvalue weighted by Crippen LogP contribution is -2.26. The summed E-state index contributed by atoms with van der Waals surface area (Å²) in [6.45, 7) is 2.11. The maximum atomic E-state index is 6.07. The van der Waals surface area contributed by atoms with Crippen LogP contribution in [0.25, 0.3) is 0 Å². The van der Waals surface area contributed by atoms with Gasteiger partial charge in [-0.05, 0) is 24.1 Å². The fourth-order valence-electron chi connectivity index (χ4n) is 1.25. The minimum absolute atomic E-state index is 0.698. The molecule has 0 amide bonds. The summed E-state index contributed by atoms with van der Waals surface area (Å²) in [5.74, 6) is 0.699. The second-order valence-corrected chi connectivity index (χ2v) is 3.52. The van der Waals surface area contributed by atoms with Crippen LogP contribution < -0.4 is 10.6 Å². The van der Waals surface area contributed by atoms with E-state index >= 15 is 0 Å². The Morgan fingerprint density at radius 3 is 2.73 bits per heavy atom. The van der Waals surface area contributed by atoms with Gasteiger partial charge in [0.05, 0.1) is 10.7 Å². The van der Waals surface area contributed by atoms with Gasteiger partial charge in [0.15, 0.2) is 5.96 Å². The fraction of sp³-hybridized carbons (Fsp3) is 0.364. The topological polar surface area (TPSA) is 36.4 Å². The van der Waals surface area contributed by atoms with Crippen molar-refractivity contribution in [1.82, 2.24) is 5.32 Å². The maximum absolute atomic E-state index is 6.07. The van der Waals surface area contributed by atoms with Crippen molar-refractivity contribution in [1.29, 1.82) is 0 Å². The first-order chi connectivity index (χ1) is 7.21. The van der Waals surface area contributed by atoms with E-state index < -0.39 is 0 Å². The van der Waals surface area contributed by atoms with Crippen LogP contribution in [0.1, 0.15) is 12.5 Å². The van der Waals surface area contributed by atoms with Crippen molar-refractivity contribution >= 4 is 23.2 Å². The van der Waals surface area contributed by atoms with Crippen molar-refractivity contribution in [3.05, 3.63) is 28.8 Å². The summed E-state index contributed by atoms with van der Waals surface area (Å²) in [7, 11) is 3.53. The Balaban J connectivity index is 2.92. The highest BCUT2D eigenvalue weighted by Gasteiger charge is 2.02. The number of halogens is 1. The average Bonchev–Trinajstić information content (AvgIpc) is 2.28. The van der Waals surface area contributed by atoms with Gasteiger partial charge in [0.25, 0.3) is 0 Å². The number of hydrogen-bond acceptors (Lipinski definition) is 1. The van der Waals surface area contributed by atoms with E-state index in [2.05, 4.69) is 22.5 Å². The average molecular weight is 226 g/mol. The van der Waals surface area contributed by atoms with E-state index in [0.29, 0.717) is 11.0 Å². The van der Waals surface area contributed by atoms with Crippen LogP contribution in [-0.2, 0) is 6.42 Å². The molecule has 2 N–H and O–H groups in total. The lowest BCUT2D eigenvalue weighted by molar-refractivity contribution is 1.13. The van der Waals surface area contributed by atoms with Gasteiger partial charge in [-0.2, -0.15) is 0 Å². The van der Waals surface area contributed by atoms with Crippen molar-refractivity contribution < 1.29 is 0 Å². The van der Waals surface area contributed by atoms with Gasteiger partial charge < -0.3 is 10.6 Å². The number of aliphatic imine (C=N–C) groups is 1. The molecule has 1 aromatic carbocycles. The third kappa shape index (κ3) is 3.13. The second kappa shape index (κ2) is 5.61. The van der Waals surface area contributed by atoms with Crippen molar-refractivity contribution in [3.8, 4) is 0 Å². The van der Waals surface area contributed by atoms with Gasteiger partial charge in [0.1, 0.15) is 0 Å². The first-order valence-electron chi connectivity index (χ1n) is 4.91. The van der Waals surface area contributed by atoms with Gasteiger partial charge in [-0.3, -0.25) is 4.99 Å². The minimum Gasteiger partial charge on any atom is -0.359 e. The third-order valence-electron chi connectivity index (χ3n) is 2.15. The van der Waals surface area contributed by atoms with Crippen LogP contribution in [0.4, 0.5) is 5.69 Å². The van der Waals surface area contributed by atoms with E-state index in [1.54, 1.807) is 7.05 Å². The zero-order valence-corrected chi connectivity index (χ0v) is 10.0. The summed E-state index contributed by atoms with van der Waals surface area (Å²) in [5.41, 5.74) is 2.12. The molecule has 1 aromatic rings. The van der Waals surface area contributed by atoms with Crippen molar-refractivity contribution in [2.24, 2.45) is 4.99 Å². The highest BCUT2D eigenvalue weighted by Crippen LogP contribution is 2.23. The number of anilines is 1. The fourth-order valence-corrected chi connectivity index (χ4v) is 1.41. The third-order valence-corrected chi connectivity index (χ3v) is 2.48. The number of nitrogens with one attached hydrogen (secondary N) is 2. The summed E-state index contributed by atoms with van der Waals surface area (Å²) < 4.78 is 0. The van der Waals surface area contributed by atoms with Crippen LogP contribution in [0.2, 0.25) is 5.02 Å². The molecule has 0 bridgehead atoms. The number of rotatable bonds is 2. The predicted molar refractivity (Wildman–Crippen MR) is 66.9 cm³/mol. The molecular weight excluding hydrogens is 210 g/mol. The number of benzene rings is 1. The summed E-state index contributed by atoms with van der Waals surface area (Å²) in [4.78, 5) is 4.03. The second-order valence-electron chi connectivity index (χ2n) is 3.11. The largest absolute Gasteiger partial charge is 0.359 e. The molecule has 1 rings (SSSR count). The van der Waals surface area contributed by atoms with Gasteiger partial charge in [-0.1, -0.05) is 24.6 Å². The lowest BCUT2D eigenvalue weighted by Gasteiger charge is -2.11. The zero-order valence-electron chi connectivity index (χ0n) is 9.26. The van der Waals surface area contributed by atoms with Gasteiger partial charge in [-0.15, -0.1) is 0 Å². The molecule has 0 saturated heterocycles. The Bertz CT molecular complexity index is 361. The van der Waals surface area contributed by atoms with Crippen LogP contribution in [0.15, 0.2) is 23.2 Å². The van der Waals surface area contributed by atoms with Crippen LogP contribution in [0, 0.1) is 0 Å². The van der Waals surface area contributed by atoms with Crippen LogP contribution in [-0.4, -0.2) is 20.1 Å². The van der Waals surface area contributed by atoms with Gasteiger partial charge in [0, 0.05) is 14.1 Å². The Morgan fingerprint density at radius 1 is 1.47 bits per heavy atom. The number of guanidine groups is 1. The molecule has 0 aliphatic carbocycles. The predicted octanol–water partition coefficient (Wildman–Crippen LogP) is 2.52. The summed E-state index contributed by atoms with van der Waals surface area (Å²) in [6, 6.07) is 5.95. The normalized spacial score (nSPS) is 11.3. The number of hydrogen-bond donors (Lipinski definition) is 2. The van der Waals surface area contributed by atoms with E-state index in [1.165, 1.54) is 5.56 Å². The zero-order chi connectivity index (χ0) is 11.3. The lowest BCUT2D eigenvalue weighted by atomic mass is 10.1. The highest BCUT2D eigenvalue weighted by atomic mass is 35.5. The molecule has 0 aromatic heterocycles. The van der Waals surface area contributed by atoms with Crippen LogP contribution in [0.3, 0.4) is 0 Å². The Hall–Kier alpha value is -1.22. The molecule has 0 fully saturated rings. The van der Waals surface area contributed by atoms with Crippen LogP contribution >= 0.6 is 11.6 Å². The molecule has 0 aliphatic rings. The first-order valence-corrected chi connectivity index (χ1v) is 5.29. The van der Waals surface area contributed by atoms with Gasteiger partial charge in [-0.25, -0.2) is 0 Å². The molecule has 0 radical (unpaired) electrons. The molecular formula is C11H16ClN3. The summed E-state index contributed by atoms with van der Waals surface area (Å²) in [5, 5.41) is 6.77. The Morgan fingerprint density at radius 2 is 2.20 bits per heavy atom. The molecule has 0 unspecified atom stereocenters. The molecule has 15 heavy (non-hydrogen) atoms. The molecule has 82 valence electrons. The quantitative estimate of drug-likeness (QED) is 0.600.